The number of nitrogens with one attached hydrogen (secondary N) is 1. The summed E-state index contributed by atoms with van der Waals surface area (Å²) in [5.74, 6) is 0.494. The summed E-state index contributed by atoms with van der Waals surface area (Å²) in [6, 6.07) is 4.56. The Balaban J connectivity index is 2.49. The standard InChI is InChI=1S/C11H15N3/c1-7-6-14(3)8(2)10-4-9(5-12)13-11(7)10/h4,7-8,13H,6H2,1-3H3. The predicted octanol–water partition coefficient (Wildman–Crippen LogP) is 2.00. The molecule has 2 rings (SSSR count). The maximum absolute atomic E-state index is 8.83. The molecule has 74 valence electrons. The lowest BCUT2D eigenvalue weighted by atomic mass is 9.93. The Hall–Kier alpha value is -1.27. The average Bonchev–Trinajstić information content (AvgIpc) is 2.58. The highest BCUT2D eigenvalue weighted by Crippen LogP contribution is 2.34. The van der Waals surface area contributed by atoms with Crippen LogP contribution in [0.15, 0.2) is 6.07 Å². The van der Waals surface area contributed by atoms with Crippen LogP contribution in [0.1, 0.15) is 42.8 Å². The van der Waals surface area contributed by atoms with Crippen molar-refractivity contribution in [1.82, 2.24) is 9.88 Å². The number of hydrogen-bond donors (Lipinski definition) is 1. The quantitative estimate of drug-likeness (QED) is 0.678. The van der Waals surface area contributed by atoms with Crippen molar-refractivity contribution in [3.05, 3.63) is 23.0 Å². The lowest BCUT2D eigenvalue weighted by molar-refractivity contribution is 0.227. The van der Waals surface area contributed by atoms with Gasteiger partial charge in [-0.05, 0) is 25.6 Å². The lowest BCUT2D eigenvalue weighted by Gasteiger charge is -2.33. The lowest BCUT2D eigenvalue weighted by Crippen LogP contribution is -2.32. The Morgan fingerprint density at radius 3 is 2.93 bits per heavy atom. The molecule has 1 aromatic rings. The Morgan fingerprint density at radius 1 is 1.57 bits per heavy atom. The normalized spacial score (nSPS) is 27.0. The van der Waals surface area contributed by atoms with E-state index in [9.17, 15) is 0 Å². The van der Waals surface area contributed by atoms with Crippen molar-refractivity contribution in [2.45, 2.75) is 25.8 Å². The Bertz CT molecular complexity index is 386. The number of aromatic nitrogens is 1. The number of nitriles is 1. The number of H-pyrrole nitrogens is 1. The minimum atomic E-state index is 0.416. The molecule has 3 heteroatoms. The number of likely N-dealkylation sites (N-methyl/N-ethyl adjacent to an activating group) is 1. The number of nitrogens with zero attached hydrogens (tertiary/aromatic N) is 2. The molecule has 0 amide bonds. The van der Waals surface area contributed by atoms with Gasteiger partial charge in [-0.3, -0.25) is 4.90 Å². The third-order valence-corrected chi connectivity index (χ3v) is 3.17. The summed E-state index contributed by atoms with van der Waals surface area (Å²) in [6.07, 6.45) is 0. The van der Waals surface area contributed by atoms with E-state index in [-0.39, 0.29) is 0 Å². The summed E-state index contributed by atoms with van der Waals surface area (Å²) in [6.45, 7) is 5.43. The molecule has 0 spiro atoms. The molecular weight excluding hydrogens is 174 g/mol. The second-order valence-electron chi connectivity index (χ2n) is 4.18. The van der Waals surface area contributed by atoms with Gasteiger partial charge in [0.2, 0.25) is 0 Å². The fourth-order valence-corrected chi connectivity index (χ4v) is 2.22. The third kappa shape index (κ3) is 1.23. The van der Waals surface area contributed by atoms with Gasteiger partial charge in [-0.2, -0.15) is 5.26 Å². The molecular formula is C11H15N3. The molecule has 0 radical (unpaired) electrons. The van der Waals surface area contributed by atoms with Gasteiger partial charge in [-0.25, -0.2) is 0 Å². The molecule has 0 fully saturated rings. The maximum Gasteiger partial charge on any atom is 0.118 e. The molecule has 0 aliphatic carbocycles. The zero-order valence-corrected chi connectivity index (χ0v) is 8.83. The fraction of sp³-hybridized carbons (Fsp3) is 0.545. The van der Waals surface area contributed by atoms with Crippen molar-refractivity contribution >= 4 is 0 Å². The maximum atomic E-state index is 8.83. The van der Waals surface area contributed by atoms with Crippen LogP contribution in [0.5, 0.6) is 0 Å². The monoisotopic (exact) mass is 189 g/mol. The smallest absolute Gasteiger partial charge is 0.118 e. The molecule has 2 heterocycles. The molecule has 0 saturated carbocycles. The van der Waals surface area contributed by atoms with Crippen LogP contribution >= 0.6 is 0 Å². The fourth-order valence-electron chi connectivity index (χ4n) is 2.22. The zero-order chi connectivity index (χ0) is 10.3. The summed E-state index contributed by atoms with van der Waals surface area (Å²) in [5.41, 5.74) is 3.21. The highest BCUT2D eigenvalue weighted by atomic mass is 15.1. The van der Waals surface area contributed by atoms with Gasteiger partial charge < -0.3 is 4.98 Å². The highest BCUT2D eigenvalue weighted by Gasteiger charge is 2.27. The largest absolute Gasteiger partial charge is 0.350 e. The first-order valence-corrected chi connectivity index (χ1v) is 4.96. The van der Waals surface area contributed by atoms with Gasteiger partial charge in [0, 0.05) is 24.2 Å². The zero-order valence-electron chi connectivity index (χ0n) is 8.83. The van der Waals surface area contributed by atoms with E-state index in [1.807, 2.05) is 6.07 Å². The van der Waals surface area contributed by atoms with E-state index in [2.05, 4.69) is 36.8 Å². The van der Waals surface area contributed by atoms with Crippen LogP contribution in [0.25, 0.3) is 0 Å². The van der Waals surface area contributed by atoms with Gasteiger partial charge in [-0.15, -0.1) is 0 Å². The topological polar surface area (TPSA) is 42.8 Å². The second kappa shape index (κ2) is 3.14. The van der Waals surface area contributed by atoms with E-state index in [0.29, 0.717) is 17.7 Å². The van der Waals surface area contributed by atoms with E-state index >= 15 is 0 Å². The van der Waals surface area contributed by atoms with Crippen molar-refractivity contribution in [2.75, 3.05) is 13.6 Å². The molecule has 14 heavy (non-hydrogen) atoms. The highest BCUT2D eigenvalue weighted by molar-refractivity contribution is 5.38. The van der Waals surface area contributed by atoms with Crippen LogP contribution in [-0.2, 0) is 0 Å². The number of hydrogen-bond acceptors (Lipinski definition) is 2. The van der Waals surface area contributed by atoms with Crippen LogP contribution < -0.4 is 0 Å². The molecule has 0 aromatic carbocycles. The van der Waals surface area contributed by atoms with Crippen LogP contribution in [0.4, 0.5) is 0 Å². The molecule has 2 atom stereocenters. The first-order valence-electron chi connectivity index (χ1n) is 4.96. The van der Waals surface area contributed by atoms with E-state index in [0.717, 1.165) is 6.54 Å². The summed E-state index contributed by atoms with van der Waals surface area (Å²) in [7, 11) is 2.13. The SMILES string of the molecule is CC1CN(C)C(C)c2cc(C#N)[nH]c21. The van der Waals surface area contributed by atoms with Gasteiger partial charge in [0.05, 0.1) is 0 Å². The molecule has 1 aliphatic rings. The number of fused-ring (bicyclic) bond motifs is 1. The Morgan fingerprint density at radius 2 is 2.29 bits per heavy atom. The van der Waals surface area contributed by atoms with Gasteiger partial charge in [-0.1, -0.05) is 6.92 Å². The summed E-state index contributed by atoms with van der Waals surface area (Å²) < 4.78 is 0. The van der Waals surface area contributed by atoms with E-state index in [1.165, 1.54) is 11.3 Å². The number of aromatic amines is 1. The van der Waals surface area contributed by atoms with E-state index < -0.39 is 0 Å². The minimum absolute atomic E-state index is 0.416. The van der Waals surface area contributed by atoms with E-state index in [4.69, 9.17) is 5.26 Å². The minimum Gasteiger partial charge on any atom is -0.350 e. The van der Waals surface area contributed by atoms with Gasteiger partial charge in [0.25, 0.3) is 0 Å². The average molecular weight is 189 g/mol. The van der Waals surface area contributed by atoms with E-state index in [1.54, 1.807) is 0 Å². The molecule has 1 aliphatic heterocycles. The van der Waals surface area contributed by atoms with Crippen molar-refractivity contribution < 1.29 is 0 Å². The number of rotatable bonds is 0. The molecule has 1 N–H and O–H groups in total. The summed E-state index contributed by atoms with van der Waals surface area (Å²) in [4.78, 5) is 5.52. The van der Waals surface area contributed by atoms with Crippen LogP contribution in [-0.4, -0.2) is 23.5 Å². The summed E-state index contributed by atoms with van der Waals surface area (Å²) in [5, 5.41) is 8.83. The Labute approximate surface area is 84.3 Å². The van der Waals surface area contributed by atoms with Crippen molar-refractivity contribution in [3.63, 3.8) is 0 Å². The molecule has 0 bridgehead atoms. The summed E-state index contributed by atoms with van der Waals surface area (Å²) >= 11 is 0. The van der Waals surface area contributed by atoms with Crippen LogP contribution in [0.2, 0.25) is 0 Å². The van der Waals surface area contributed by atoms with Gasteiger partial charge in [0.15, 0.2) is 0 Å². The van der Waals surface area contributed by atoms with Gasteiger partial charge in [0.1, 0.15) is 11.8 Å². The first-order chi connectivity index (χ1) is 6.63. The molecule has 3 nitrogen and oxygen atoms in total. The van der Waals surface area contributed by atoms with Crippen molar-refractivity contribution in [1.29, 1.82) is 5.26 Å². The van der Waals surface area contributed by atoms with Crippen molar-refractivity contribution in [2.24, 2.45) is 0 Å². The second-order valence-corrected chi connectivity index (χ2v) is 4.18. The van der Waals surface area contributed by atoms with Crippen LogP contribution in [0.3, 0.4) is 0 Å². The first kappa shape index (κ1) is 9.29. The third-order valence-electron chi connectivity index (χ3n) is 3.17. The molecule has 1 aromatic heterocycles. The van der Waals surface area contributed by atoms with Gasteiger partial charge >= 0.3 is 0 Å². The van der Waals surface area contributed by atoms with Crippen LogP contribution in [0, 0.1) is 11.3 Å². The molecule has 0 saturated heterocycles. The molecule has 2 unspecified atom stereocenters. The predicted molar refractivity (Wildman–Crippen MR) is 55.0 cm³/mol. The van der Waals surface area contributed by atoms with Crippen molar-refractivity contribution in [3.8, 4) is 6.07 Å². The Kier molecular flexibility index (Phi) is 2.09.